The third kappa shape index (κ3) is 3.43. The smallest absolute Gasteiger partial charge is 0.213 e. The van der Waals surface area contributed by atoms with Gasteiger partial charge in [-0.25, -0.2) is 4.98 Å². The summed E-state index contributed by atoms with van der Waals surface area (Å²) < 4.78 is 5.73. The van der Waals surface area contributed by atoms with Crippen molar-refractivity contribution in [1.82, 2.24) is 10.3 Å². The summed E-state index contributed by atoms with van der Waals surface area (Å²) >= 11 is 0. The first-order valence-electron chi connectivity index (χ1n) is 6.63. The van der Waals surface area contributed by atoms with E-state index < -0.39 is 0 Å². The number of rotatable bonds is 6. The summed E-state index contributed by atoms with van der Waals surface area (Å²) in [4.78, 5) is 4.43. The topological polar surface area (TPSA) is 34.1 Å². The summed E-state index contributed by atoms with van der Waals surface area (Å²) in [5, 5.41) is 3.52. The minimum atomic E-state index is 0.749. The maximum absolute atomic E-state index is 5.73. The summed E-state index contributed by atoms with van der Waals surface area (Å²) in [7, 11) is 0. The molecule has 1 aromatic heterocycles. The van der Waals surface area contributed by atoms with Gasteiger partial charge in [0.2, 0.25) is 5.88 Å². The Kier molecular flexibility index (Phi) is 3.02. The molecule has 3 heteroatoms. The fraction of sp³-hybridized carbons (Fsp3) is 0.643. The lowest BCUT2D eigenvalue weighted by Gasteiger charge is -2.09. The summed E-state index contributed by atoms with van der Waals surface area (Å²) in [6.45, 7) is 3.81. The van der Waals surface area contributed by atoms with Gasteiger partial charge in [-0.15, -0.1) is 0 Å². The summed E-state index contributed by atoms with van der Waals surface area (Å²) in [5.41, 5.74) is 2.33. The summed E-state index contributed by atoms with van der Waals surface area (Å²) in [6, 6.07) is 4.96. The second-order valence-corrected chi connectivity index (χ2v) is 5.36. The molecule has 0 aliphatic heterocycles. The van der Waals surface area contributed by atoms with Crippen molar-refractivity contribution in [2.75, 3.05) is 6.61 Å². The van der Waals surface area contributed by atoms with Crippen molar-refractivity contribution in [3.8, 4) is 5.88 Å². The number of hydrogen-bond donors (Lipinski definition) is 1. The number of pyridine rings is 1. The van der Waals surface area contributed by atoms with Crippen LogP contribution in [0.15, 0.2) is 12.1 Å². The predicted octanol–water partition coefficient (Wildman–Crippen LogP) is 2.43. The van der Waals surface area contributed by atoms with Gasteiger partial charge < -0.3 is 10.1 Å². The van der Waals surface area contributed by atoms with E-state index in [1.165, 1.54) is 31.2 Å². The van der Waals surface area contributed by atoms with Crippen LogP contribution < -0.4 is 10.1 Å². The largest absolute Gasteiger partial charge is 0.477 e. The minimum Gasteiger partial charge on any atom is -0.477 e. The van der Waals surface area contributed by atoms with Crippen molar-refractivity contribution in [3.05, 3.63) is 23.4 Å². The van der Waals surface area contributed by atoms with Gasteiger partial charge in [-0.1, -0.05) is 0 Å². The molecule has 92 valence electrons. The Hall–Kier alpha value is -1.09. The van der Waals surface area contributed by atoms with Crippen LogP contribution in [0.2, 0.25) is 0 Å². The predicted molar refractivity (Wildman–Crippen MR) is 67.1 cm³/mol. The van der Waals surface area contributed by atoms with Crippen molar-refractivity contribution < 1.29 is 4.74 Å². The molecule has 2 fully saturated rings. The van der Waals surface area contributed by atoms with E-state index >= 15 is 0 Å². The fourth-order valence-electron chi connectivity index (χ4n) is 1.92. The van der Waals surface area contributed by atoms with Gasteiger partial charge in [0.05, 0.1) is 6.61 Å². The lowest BCUT2D eigenvalue weighted by atomic mass is 10.2. The standard InChI is InChI=1S/C14H20N2O/c1-10-6-12(8-15-13-4-5-13)7-14(16-10)17-9-11-2-3-11/h6-7,11,13,15H,2-5,8-9H2,1H3. The SMILES string of the molecule is Cc1cc(CNC2CC2)cc(OCC2CC2)n1. The van der Waals surface area contributed by atoms with E-state index in [1.807, 2.05) is 6.92 Å². The molecule has 0 unspecified atom stereocenters. The number of nitrogens with one attached hydrogen (secondary N) is 1. The van der Waals surface area contributed by atoms with E-state index in [1.54, 1.807) is 0 Å². The zero-order valence-electron chi connectivity index (χ0n) is 10.4. The van der Waals surface area contributed by atoms with Crippen LogP contribution in [-0.4, -0.2) is 17.6 Å². The van der Waals surface area contributed by atoms with E-state index in [0.717, 1.165) is 36.7 Å². The Morgan fingerprint density at radius 1 is 1.29 bits per heavy atom. The van der Waals surface area contributed by atoms with Gasteiger partial charge in [0, 0.05) is 24.3 Å². The van der Waals surface area contributed by atoms with E-state index in [2.05, 4.69) is 22.4 Å². The van der Waals surface area contributed by atoms with Crippen molar-refractivity contribution in [2.24, 2.45) is 5.92 Å². The Morgan fingerprint density at radius 2 is 2.12 bits per heavy atom. The summed E-state index contributed by atoms with van der Waals surface area (Å²) in [6.07, 6.45) is 5.30. The van der Waals surface area contributed by atoms with Crippen molar-refractivity contribution in [3.63, 3.8) is 0 Å². The van der Waals surface area contributed by atoms with Gasteiger partial charge in [-0.05, 0) is 50.2 Å². The van der Waals surface area contributed by atoms with Crippen molar-refractivity contribution >= 4 is 0 Å². The van der Waals surface area contributed by atoms with Gasteiger partial charge in [-0.2, -0.15) is 0 Å². The molecule has 2 aliphatic rings. The van der Waals surface area contributed by atoms with Crippen LogP contribution in [0.3, 0.4) is 0 Å². The lowest BCUT2D eigenvalue weighted by molar-refractivity contribution is 0.287. The molecule has 0 spiro atoms. The second kappa shape index (κ2) is 4.65. The number of ether oxygens (including phenoxy) is 1. The average molecular weight is 232 g/mol. The molecule has 17 heavy (non-hydrogen) atoms. The van der Waals surface area contributed by atoms with E-state index in [0.29, 0.717) is 0 Å². The highest BCUT2D eigenvalue weighted by Gasteiger charge is 2.22. The maximum Gasteiger partial charge on any atom is 0.213 e. The van der Waals surface area contributed by atoms with Gasteiger partial charge in [0.25, 0.3) is 0 Å². The maximum atomic E-state index is 5.73. The van der Waals surface area contributed by atoms with Crippen LogP contribution in [0, 0.1) is 12.8 Å². The average Bonchev–Trinajstić information content (AvgIpc) is 3.15. The highest BCUT2D eigenvalue weighted by Crippen LogP contribution is 2.29. The molecule has 0 saturated heterocycles. The molecule has 0 aromatic carbocycles. The molecule has 1 N–H and O–H groups in total. The van der Waals surface area contributed by atoms with Gasteiger partial charge in [-0.3, -0.25) is 0 Å². The molecule has 2 saturated carbocycles. The van der Waals surface area contributed by atoms with Crippen molar-refractivity contribution in [2.45, 2.75) is 45.2 Å². The van der Waals surface area contributed by atoms with E-state index in [9.17, 15) is 0 Å². The van der Waals surface area contributed by atoms with E-state index in [-0.39, 0.29) is 0 Å². The highest BCUT2D eigenvalue weighted by molar-refractivity contribution is 5.24. The first-order valence-corrected chi connectivity index (χ1v) is 6.63. The molecule has 1 aromatic rings. The number of hydrogen-bond acceptors (Lipinski definition) is 3. The number of nitrogens with zero attached hydrogens (tertiary/aromatic N) is 1. The first kappa shape index (κ1) is 11.0. The van der Waals surface area contributed by atoms with Gasteiger partial charge >= 0.3 is 0 Å². The molecular weight excluding hydrogens is 212 g/mol. The molecular formula is C14H20N2O. The van der Waals surface area contributed by atoms with Crippen molar-refractivity contribution in [1.29, 1.82) is 0 Å². The molecule has 3 rings (SSSR count). The number of aryl methyl sites for hydroxylation is 1. The Morgan fingerprint density at radius 3 is 2.82 bits per heavy atom. The van der Waals surface area contributed by atoms with Crippen LogP contribution >= 0.6 is 0 Å². The third-order valence-corrected chi connectivity index (χ3v) is 3.33. The van der Waals surface area contributed by atoms with Crippen LogP contribution in [0.25, 0.3) is 0 Å². The fourth-order valence-corrected chi connectivity index (χ4v) is 1.92. The molecule has 0 radical (unpaired) electrons. The molecule has 3 nitrogen and oxygen atoms in total. The monoisotopic (exact) mass is 232 g/mol. The zero-order valence-corrected chi connectivity index (χ0v) is 10.4. The van der Waals surface area contributed by atoms with Crippen LogP contribution in [-0.2, 0) is 6.54 Å². The lowest BCUT2D eigenvalue weighted by Crippen LogP contribution is -2.15. The first-order chi connectivity index (χ1) is 8.29. The molecule has 0 bridgehead atoms. The normalized spacial score (nSPS) is 19.4. The van der Waals surface area contributed by atoms with Gasteiger partial charge in [0.15, 0.2) is 0 Å². The third-order valence-electron chi connectivity index (χ3n) is 3.33. The molecule has 0 atom stereocenters. The molecule has 1 heterocycles. The van der Waals surface area contributed by atoms with Crippen LogP contribution in [0.1, 0.15) is 36.9 Å². The summed E-state index contributed by atoms with van der Waals surface area (Å²) in [5.74, 6) is 1.58. The Balaban J connectivity index is 1.60. The Bertz CT molecular complexity index is 363. The van der Waals surface area contributed by atoms with E-state index in [4.69, 9.17) is 4.74 Å². The molecule has 0 amide bonds. The minimum absolute atomic E-state index is 0.749. The zero-order chi connectivity index (χ0) is 11.7. The van der Waals surface area contributed by atoms with Crippen LogP contribution in [0.4, 0.5) is 0 Å². The number of aromatic nitrogens is 1. The quantitative estimate of drug-likeness (QED) is 0.818. The Labute approximate surface area is 103 Å². The molecule has 2 aliphatic carbocycles. The second-order valence-electron chi connectivity index (χ2n) is 5.36. The van der Waals surface area contributed by atoms with Crippen LogP contribution in [0.5, 0.6) is 5.88 Å². The van der Waals surface area contributed by atoms with Gasteiger partial charge in [0.1, 0.15) is 0 Å². The highest BCUT2D eigenvalue weighted by atomic mass is 16.5.